The molecule has 0 unspecified atom stereocenters. The van der Waals surface area contributed by atoms with E-state index in [9.17, 15) is 0 Å². The molecule has 4 aromatic heterocycles. The third kappa shape index (κ3) is 0.758. The number of hydrogen-bond acceptors (Lipinski definition) is 3. The predicted molar refractivity (Wildman–Crippen MR) is 57.4 cm³/mol. The van der Waals surface area contributed by atoms with Gasteiger partial charge in [-0.05, 0) is 6.92 Å². The Labute approximate surface area is 89.7 Å². The monoisotopic (exact) mass is 212 g/mol. The van der Waals surface area contributed by atoms with Gasteiger partial charge in [0, 0.05) is 18.2 Å². The van der Waals surface area contributed by atoms with Gasteiger partial charge >= 0.3 is 0 Å². The Kier molecular flexibility index (Phi) is 1.18. The fourth-order valence-electron chi connectivity index (χ4n) is 2.07. The average Bonchev–Trinajstić information content (AvgIpc) is 2.91. The fourth-order valence-corrected chi connectivity index (χ4v) is 2.07. The molecule has 0 amide bonds. The highest BCUT2D eigenvalue weighted by Crippen LogP contribution is 2.14. The topological polar surface area (TPSA) is 51.9 Å². The van der Waals surface area contributed by atoms with Gasteiger partial charge in [-0.25, -0.2) is 0 Å². The molecule has 0 saturated carbocycles. The summed E-state index contributed by atoms with van der Waals surface area (Å²) >= 11 is 0. The van der Waals surface area contributed by atoms with Crippen molar-refractivity contribution in [1.82, 2.24) is 28.8 Å². The molecule has 0 fully saturated rings. The normalized spacial score (nSPS) is 12.1. The Balaban J connectivity index is 2.50. The van der Waals surface area contributed by atoms with E-state index in [-0.39, 0.29) is 0 Å². The van der Waals surface area contributed by atoms with Crippen LogP contribution in [0.4, 0.5) is 0 Å². The summed E-state index contributed by atoms with van der Waals surface area (Å²) in [6, 6.07) is 5.88. The first kappa shape index (κ1) is 7.86. The molecule has 4 aromatic rings. The summed E-state index contributed by atoms with van der Waals surface area (Å²) in [5.74, 6) is 0. The average molecular weight is 212 g/mol. The van der Waals surface area contributed by atoms with Crippen LogP contribution in [0.1, 0.15) is 5.69 Å². The highest BCUT2D eigenvalue weighted by atomic mass is 15.4. The molecule has 0 aliphatic rings. The van der Waals surface area contributed by atoms with E-state index in [0.29, 0.717) is 0 Å². The maximum atomic E-state index is 4.44. The van der Waals surface area contributed by atoms with Crippen LogP contribution in [-0.4, -0.2) is 28.8 Å². The zero-order chi connectivity index (χ0) is 10.7. The van der Waals surface area contributed by atoms with Crippen LogP contribution in [0, 0.1) is 6.92 Å². The molecule has 0 aliphatic carbocycles. The third-order valence-corrected chi connectivity index (χ3v) is 2.71. The summed E-state index contributed by atoms with van der Waals surface area (Å²) in [7, 11) is 0. The number of hydrogen-bond donors (Lipinski definition) is 0. The fraction of sp³-hybridized carbons (Fsp3) is 0.100. The minimum Gasteiger partial charge on any atom is -0.197 e. The van der Waals surface area contributed by atoms with Crippen molar-refractivity contribution < 1.29 is 0 Å². The number of fused-ring (bicyclic) bond motifs is 6. The maximum absolute atomic E-state index is 4.44. The van der Waals surface area contributed by atoms with E-state index in [0.717, 1.165) is 22.6 Å². The number of aromatic nitrogens is 6. The van der Waals surface area contributed by atoms with Gasteiger partial charge in [-0.3, -0.25) is 0 Å². The molecular weight excluding hydrogens is 204 g/mol. The van der Waals surface area contributed by atoms with Crippen molar-refractivity contribution in [3.8, 4) is 0 Å². The van der Waals surface area contributed by atoms with Crippen LogP contribution in [0.15, 0.2) is 30.6 Å². The Morgan fingerprint density at radius 2 is 1.50 bits per heavy atom. The van der Waals surface area contributed by atoms with Crippen molar-refractivity contribution in [1.29, 1.82) is 0 Å². The van der Waals surface area contributed by atoms with E-state index in [4.69, 9.17) is 0 Å². The van der Waals surface area contributed by atoms with Crippen LogP contribution in [0.25, 0.3) is 16.9 Å². The van der Waals surface area contributed by atoms with Crippen LogP contribution in [-0.2, 0) is 0 Å². The first-order valence-corrected chi connectivity index (χ1v) is 5.00. The lowest BCUT2D eigenvalue weighted by atomic mass is 10.5. The van der Waals surface area contributed by atoms with E-state index in [2.05, 4.69) is 15.3 Å². The summed E-state index contributed by atoms with van der Waals surface area (Å²) in [4.78, 5) is 0. The zero-order valence-electron chi connectivity index (χ0n) is 8.57. The smallest absolute Gasteiger partial charge is 0.161 e. The van der Waals surface area contributed by atoms with Gasteiger partial charge in [0.1, 0.15) is 0 Å². The lowest BCUT2D eigenvalue weighted by Gasteiger charge is -2.01. The summed E-state index contributed by atoms with van der Waals surface area (Å²) in [6.07, 6.45) is 3.53. The predicted octanol–water partition coefficient (Wildman–Crippen LogP) is 0.938. The van der Waals surface area contributed by atoms with E-state index in [1.54, 1.807) is 12.4 Å². The van der Waals surface area contributed by atoms with Crippen LogP contribution in [0.2, 0.25) is 0 Å². The molecule has 78 valence electrons. The number of aryl methyl sites for hydroxylation is 1. The standard InChI is InChI=1S/C10H8N6/c1-7-6-10-15-8(2-4-12-15)14-9(3-5-11-14)16(10)13-7/h2-6H,1H3. The van der Waals surface area contributed by atoms with Crippen molar-refractivity contribution in [3.63, 3.8) is 0 Å². The summed E-state index contributed by atoms with van der Waals surface area (Å²) in [5.41, 5.74) is 3.79. The molecule has 0 aromatic carbocycles. The number of rotatable bonds is 0. The highest BCUT2D eigenvalue weighted by Gasteiger charge is 2.10. The maximum Gasteiger partial charge on any atom is 0.161 e. The van der Waals surface area contributed by atoms with Crippen LogP contribution in [0.3, 0.4) is 0 Å². The minimum absolute atomic E-state index is 0.937. The molecule has 6 heteroatoms. The lowest BCUT2D eigenvalue weighted by Crippen LogP contribution is -2.04. The quantitative estimate of drug-likeness (QED) is 0.436. The largest absolute Gasteiger partial charge is 0.197 e. The molecule has 0 aliphatic heterocycles. The summed E-state index contributed by atoms with van der Waals surface area (Å²) in [5, 5.41) is 13.0. The van der Waals surface area contributed by atoms with E-state index in [1.807, 2.05) is 38.7 Å². The van der Waals surface area contributed by atoms with Crippen LogP contribution in [0.5, 0.6) is 0 Å². The van der Waals surface area contributed by atoms with Crippen molar-refractivity contribution in [2.45, 2.75) is 6.92 Å². The van der Waals surface area contributed by atoms with Gasteiger partial charge in [0.15, 0.2) is 16.9 Å². The van der Waals surface area contributed by atoms with Crippen LogP contribution < -0.4 is 0 Å². The van der Waals surface area contributed by atoms with E-state index < -0.39 is 0 Å². The van der Waals surface area contributed by atoms with Gasteiger partial charge in [0.05, 0.1) is 18.1 Å². The first-order valence-electron chi connectivity index (χ1n) is 5.00. The summed E-state index contributed by atoms with van der Waals surface area (Å²) in [6.45, 7) is 1.97. The van der Waals surface area contributed by atoms with Gasteiger partial charge in [0.2, 0.25) is 0 Å². The second-order valence-corrected chi connectivity index (χ2v) is 3.76. The molecule has 0 radical (unpaired) electrons. The van der Waals surface area contributed by atoms with Crippen molar-refractivity contribution in [2.75, 3.05) is 0 Å². The van der Waals surface area contributed by atoms with Gasteiger partial charge < -0.3 is 0 Å². The van der Waals surface area contributed by atoms with Gasteiger partial charge in [-0.2, -0.15) is 28.8 Å². The number of nitrogens with zero attached hydrogens (tertiary/aromatic N) is 6. The van der Waals surface area contributed by atoms with Crippen molar-refractivity contribution in [2.24, 2.45) is 0 Å². The Morgan fingerprint density at radius 1 is 0.875 bits per heavy atom. The minimum atomic E-state index is 0.937. The second-order valence-electron chi connectivity index (χ2n) is 3.76. The lowest BCUT2D eigenvalue weighted by molar-refractivity contribution is 0.823. The molecule has 4 heterocycles. The third-order valence-electron chi connectivity index (χ3n) is 2.71. The van der Waals surface area contributed by atoms with Crippen molar-refractivity contribution >= 4 is 16.9 Å². The van der Waals surface area contributed by atoms with Crippen LogP contribution >= 0.6 is 0 Å². The molecular formula is C10H8N6. The Hall–Kier alpha value is -2.37. The first-order chi connectivity index (χ1) is 7.84. The zero-order valence-corrected chi connectivity index (χ0v) is 8.57. The Morgan fingerprint density at radius 3 is 2.25 bits per heavy atom. The molecule has 0 atom stereocenters. The van der Waals surface area contributed by atoms with E-state index >= 15 is 0 Å². The molecule has 0 bridgehead atoms. The van der Waals surface area contributed by atoms with Gasteiger partial charge in [0.25, 0.3) is 0 Å². The Bertz CT molecular complexity index is 750. The highest BCUT2D eigenvalue weighted by molar-refractivity contribution is 5.59. The van der Waals surface area contributed by atoms with Gasteiger partial charge in [-0.1, -0.05) is 0 Å². The molecule has 6 nitrogen and oxygen atoms in total. The molecule has 0 N–H and O–H groups in total. The molecule has 0 saturated heterocycles. The van der Waals surface area contributed by atoms with E-state index in [1.165, 1.54) is 0 Å². The van der Waals surface area contributed by atoms with Crippen molar-refractivity contribution in [3.05, 3.63) is 36.3 Å². The molecule has 4 rings (SSSR count). The molecule has 16 heavy (non-hydrogen) atoms. The second kappa shape index (κ2) is 2.41. The SMILES string of the molecule is Cc1cc2n3nccc3n3nccc3n2n1. The summed E-state index contributed by atoms with van der Waals surface area (Å²) < 4.78 is 5.51. The van der Waals surface area contributed by atoms with Gasteiger partial charge in [-0.15, -0.1) is 0 Å². The molecule has 0 spiro atoms.